The number of pyridine rings is 1. The first-order chi connectivity index (χ1) is 11.1. The predicted molar refractivity (Wildman–Crippen MR) is 93.7 cm³/mol. The summed E-state index contributed by atoms with van der Waals surface area (Å²) in [5.41, 5.74) is 3.53. The summed E-state index contributed by atoms with van der Waals surface area (Å²) < 4.78 is 26.1. The average molecular weight is 331 g/mol. The molecule has 1 N–H and O–H groups in total. The van der Waals surface area contributed by atoms with Gasteiger partial charge in [0.2, 0.25) is 10.0 Å². The highest BCUT2D eigenvalue weighted by atomic mass is 32.2. The Morgan fingerprint density at radius 1 is 1.22 bits per heavy atom. The number of rotatable bonds is 5. The summed E-state index contributed by atoms with van der Waals surface area (Å²) in [7, 11) is -3.30. The first kappa shape index (κ1) is 15.8. The largest absolute Gasteiger partial charge is 0.340 e. The van der Waals surface area contributed by atoms with Crippen molar-refractivity contribution in [1.82, 2.24) is 4.98 Å². The fourth-order valence-electron chi connectivity index (χ4n) is 2.89. The highest BCUT2D eigenvalue weighted by Crippen LogP contribution is 2.33. The van der Waals surface area contributed by atoms with Gasteiger partial charge in [-0.15, -0.1) is 0 Å². The topological polar surface area (TPSA) is 62.3 Å². The Hall–Kier alpha value is -2.08. The van der Waals surface area contributed by atoms with Gasteiger partial charge in [-0.3, -0.25) is 4.72 Å². The molecule has 122 valence electrons. The quantitative estimate of drug-likeness (QED) is 0.913. The van der Waals surface area contributed by atoms with Crippen LogP contribution in [0.3, 0.4) is 0 Å². The molecule has 2 heterocycles. The minimum Gasteiger partial charge on any atom is -0.340 e. The van der Waals surface area contributed by atoms with Gasteiger partial charge in [-0.1, -0.05) is 25.1 Å². The minimum atomic E-state index is -3.30. The van der Waals surface area contributed by atoms with Gasteiger partial charge in [0.15, 0.2) is 0 Å². The molecule has 0 saturated carbocycles. The van der Waals surface area contributed by atoms with Gasteiger partial charge >= 0.3 is 0 Å². The third-order valence-electron chi connectivity index (χ3n) is 3.90. The molecule has 0 radical (unpaired) electrons. The second-order valence-electron chi connectivity index (χ2n) is 5.71. The van der Waals surface area contributed by atoms with Crippen LogP contribution in [0.1, 0.15) is 25.3 Å². The lowest BCUT2D eigenvalue weighted by Gasteiger charge is -2.31. The lowest BCUT2D eigenvalue weighted by atomic mass is 10.0. The molecule has 3 rings (SSSR count). The number of fused-ring (bicyclic) bond motifs is 1. The lowest BCUT2D eigenvalue weighted by molar-refractivity contribution is 0.599. The van der Waals surface area contributed by atoms with Crippen LogP contribution in [0.25, 0.3) is 0 Å². The number of hydrogen-bond acceptors (Lipinski definition) is 4. The van der Waals surface area contributed by atoms with E-state index in [0.29, 0.717) is 12.2 Å². The highest BCUT2D eigenvalue weighted by molar-refractivity contribution is 7.92. The van der Waals surface area contributed by atoms with Crippen LogP contribution < -0.4 is 9.62 Å². The molecule has 1 aliphatic heterocycles. The number of nitrogens with zero attached hydrogens (tertiary/aromatic N) is 2. The molecule has 0 amide bonds. The van der Waals surface area contributed by atoms with Crippen LogP contribution in [0, 0.1) is 0 Å². The van der Waals surface area contributed by atoms with Crippen molar-refractivity contribution < 1.29 is 8.42 Å². The minimum absolute atomic E-state index is 0.107. The van der Waals surface area contributed by atoms with Crippen LogP contribution in [-0.4, -0.2) is 25.7 Å². The van der Waals surface area contributed by atoms with E-state index in [-0.39, 0.29) is 5.75 Å². The van der Waals surface area contributed by atoms with E-state index in [4.69, 9.17) is 0 Å². The first-order valence-electron chi connectivity index (χ1n) is 7.91. The highest BCUT2D eigenvalue weighted by Gasteiger charge is 2.18. The van der Waals surface area contributed by atoms with E-state index in [1.165, 1.54) is 11.3 Å². The summed E-state index contributed by atoms with van der Waals surface area (Å²) in [5, 5.41) is 0. The molecule has 2 aromatic rings. The number of para-hydroxylation sites is 1. The summed E-state index contributed by atoms with van der Waals surface area (Å²) >= 11 is 0. The van der Waals surface area contributed by atoms with Crippen molar-refractivity contribution in [2.75, 3.05) is 21.9 Å². The summed E-state index contributed by atoms with van der Waals surface area (Å²) in [6.45, 7) is 2.78. The molecular weight excluding hydrogens is 310 g/mol. The molecule has 1 aliphatic rings. The standard InChI is InChI=1S/C17H21N3O2S/c1-2-12-23(21,22)19-17-10-9-15(13-18-17)20-11-5-7-14-6-3-4-8-16(14)20/h3-4,6,8-10,13H,2,5,7,11-12H2,1H3,(H,18,19). The van der Waals surface area contributed by atoms with Crippen LogP contribution in [0.2, 0.25) is 0 Å². The van der Waals surface area contributed by atoms with E-state index in [2.05, 4.69) is 32.8 Å². The third kappa shape index (κ3) is 3.64. The van der Waals surface area contributed by atoms with E-state index < -0.39 is 10.0 Å². The molecule has 1 aromatic heterocycles. The van der Waals surface area contributed by atoms with Crippen molar-refractivity contribution in [2.45, 2.75) is 26.2 Å². The van der Waals surface area contributed by atoms with Gasteiger partial charge in [0.05, 0.1) is 17.6 Å². The van der Waals surface area contributed by atoms with Crippen LogP contribution in [0.5, 0.6) is 0 Å². The van der Waals surface area contributed by atoms with Gasteiger partial charge in [0.25, 0.3) is 0 Å². The Morgan fingerprint density at radius 3 is 2.78 bits per heavy atom. The summed E-state index contributed by atoms with van der Waals surface area (Å²) in [5.74, 6) is 0.475. The zero-order chi connectivity index (χ0) is 16.3. The van der Waals surface area contributed by atoms with Crippen molar-refractivity contribution >= 4 is 27.2 Å². The number of hydrogen-bond donors (Lipinski definition) is 1. The van der Waals surface area contributed by atoms with Crippen LogP contribution >= 0.6 is 0 Å². The lowest BCUT2D eigenvalue weighted by Crippen LogP contribution is -2.24. The molecule has 0 saturated heterocycles. The Labute approximate surface area is 137 Å². The maximum Gasteiger partial charge on any atom is 0.233 e. The molecule has 0 spiro atoms. The molecule has 0 atom stereocenters. The number of aryl methyl sites for hydroxylation is 1. The van der Waals surface area contributed by atoms with E-state index in [1.807, 2.05) is 19.1 Å². The summed E-state index contributed by atoms with van der Waals surface area (Å²) in [4.78, 5) is 6.49. The fourth-order valence-corrected chi connectivity index (χ4v) is 3.97. The Bertz CT molecular complexity index is 773. The fraction of sp³-hybridized carbons (Fsp3) is 0.353. The Morgan fingerprint density at radius 2 is 2.04 bits per heavy atom. The second-order valence-corrected chi connectivity index (χ2v) is 7.55. The first-order valence-corrected chi connectivity index (χ1v) is 9.56. The van der Waals surface area contributed by atoms with Gasteiger partial charge in [-0.25, -0.2) is 13.4 Å². The van der Waals surface area contributed by atoms with Crippen molar-refractivity contribution in [3.8, 4) is 0 Å². The van der Waals surface area contributed by atoms with Crippen molar-refractivity contribution in [3.63, 3.8) is 0 Å². The van der Waals surface area contributed by atoms with E-state index >= 15 is 0 Å². The number of nitrogens with one attached hydrogen (secondary N) is 1. The van der Waals surface area contributed by atoms with Crippen LogP contribution in [0.4, 0.5) is 17.2 Å². The van der Waals surface area contributed by atoms with Gasteiger partial charge < -0.3 is 4.90 Å². The van der Waals surface area contributed by atoms with E-state index in [1.54, 1.807) is 12.3 Å². The van der Waals surface area contributed by atoms with Gasteiger partial charge in [0, 0.05) is 12.2 Å². The van der Waals surface area contributed by atoms with Crippen LogP contribution in [0.15, 0.2) is 42.6 Å². The number of aromatic nitrogens is 1. The van der Waals surface area contributed by atoms with E-state index in [9.17, 15) is 8.42 Å². The molecule has 0 fully saturated rings. The monoisotopic (exact) mass is 331 g/mol. The van der Waals surface area contributed by atoms with Crippen molar-refractivity contribution in [1.29, 1.82) is 0 Å². The molecule has 0 unspecified atom stereocenters. The van der Waals surface area contributed by atoms with Crippen LogP contribution in [-0.2, 0) is 16.4 Å². The maximum atomic E-state index is 11.8. The smallest absolute Gasteiger partial charge is 0.233 e. The second kappa shape index (κ2) is 6.58. The molecule has 23 heavy (non-hydrogen) atoms. The molecule has 6 heteroatoms. The number of sulfonamides is 1. The van der Waals surface area contributed by atoms with Gasteiger partial charge in [-0.05, 0) is 43.0 Å². The van der Waals surface area contributed by atoms with Gasteiger partial charge in [0.1, 0.15) is 5.82 Å². The number of benzene rings is 1. The molecule has 5 nitrogen and oxygen atoms in total. The maximum absolute atomic E-state index is 11.8. The van der Waals surface area contributed by atoms with E-state index in [0.717, 1.165) is 25.1 Å². The SMILES string of the molecule is CCCS(=O)(=O)Nc1ccc(N2CCCc3ccccc32)cn1. The van der Waals surface area contributed by atoms with Crippen molar-refractivity contribution in [3.05, 3.63) is 48.2 Å². The zero-order valence-electron chi connectivity index (χ0n) is 13.2. The average Bonchev–Trinajstić information content (AvgIpc) is 2.55. The molecule has 0 aliphatic carbocycles. The normalized spacial score (nSPS) is 14.4. The number of anilines is 3. The predicted octanol–water partition coefficient (Wildman–Crippen LogP) is 3.32. The molecule has 0 bridgehead atoms. The summed E-state index contributed by atoms with van der Waals surface area (Å²) in [6, 6.07) is 12.0. The Balaban J connectivity index is 1.81. The molecule has 1 aromatic carbocycles. The Kier molecular flexibility index (Phi) is 4.52. The summed E-state index contributed by atoms with van der Waals surface area (Å²) in [6.07, 6.45) is 4.50. The van der Waals surface area contributed by atoms with Gasteiger partial charge in [-0.2, -0.15) is 0 Å². The third-order valence-corrected chi connectivity index (χ3v) is 5.37. The molecular formula is C17H21N3O2S. The van der Waals surface area contributed by atoms with Crippen molar-refractivity contribution in [2.24, 2.45) is 0 Å². The zero-order valence-corrected chi connectivity index (χ0v) is 14.0.